The molecule has 0 radical (unpaired) electrons. The Morgan fingerprint density at radius 1 is 1.24 bits per heavy atom. The molecule has 0 bridgehead atoms. The minimum absolute atomic E-state index is 0.0615. The van der Waals surface area contributed by atoms with Crippen LogP contribution in [0, 0.1) is 5.21 Å². The lowest BCUT2D eigenvalue weighted by Gasteiger charge is -2.16. The van der Waals surface area contributed by atoms with Gasteiger partial charge in [-0.1, -0.05) is 18.2 Å². The van der Waals surface area contributed by atoms with Gasteiger partial charge < -0.3 is 19.3 Å². The predicted octanol–water partition coefficient (Wildman–Crippen LogP) is 1.64. The molecule has 0 saturated heterocycles. The van der Waals surface area contributed by atoms with Crippen LogP contribution in [0.5, 0.6) is 0 Å². The third-order valence-corrected chi connectivity index (χ3v) is 3.96. The summed E-state index contributed by atoms with van der Waals surface area (Å²) in [4.78, 5) is 32.8. The van der Waals surface area contributed by atoms with Gasteiger partial charge in [-0.3, -0.25) is 10.0 Å². The van der Waals surface area contributed by atoms with Crippen molar-refractivity contribution < 1.29 is 28.8 Å². The fraction of sp³-hybridized carbons (Fsp3) is 0.353. The minimum Gasteiger partial charge on any atom is -0.465 e. The molecule has 0 amide bonds. The van der Waals surface area contributed by atoms with Gasteiger partial charge in [0.1, 0.15) is 5.92 Å². The minimum atomic E-state index is -1.25. The van der Waals surface area contributed by atoms with Gasteiger partial charge in [-0.05, 0) is 25.5 Å². The highest BCUT2D eigenvalue weighted by Gasteiger charge is 2.51. The van der Waals surface area contributed by atoms with Crippen LogP contribution in [0.1, 0.15) is 25.3 Å². The van der Waals surface area contributed by atoms with Gasteiger partial charge in [0, 0.05) is 17.1 Å². The maximum Gasteiger partial charge on any atom is 0.405 e. The van der Waals surface area contributed by atoms with E-state index in [1.54, 1.807) is 20.0 Å². The molecule has 1 N–H and O–H groups in total. The first-order chi connectivity index (χ1) is 12.1. The Bertz CT molecular complexity index is 841. The molecule has 1 aromatic carbocycles. The van der Waals surface area contributed by atoms with E-state index < -0.39 is 24.0 Å². The second-order valence-corrected chi connectivity index (χ2v) is 5.41. The first-order valence-electron chi connectivity index (χ1n) is 7.99. The van der Waals surface area contributed by atoms with E-state index in [1.807, 2.05) is 24.3 Å². The maximum absolute atomic E-state index is 12.3. The van der Waals surface area contributed by atoms with Crippen molar-refractivity contribution >= 4 is 28.6 Å². The number of ether oxygens (including phenoxy) is 2. The van der Waals surface area contributed by atoms with Gasteiger partial charge in [0.15, 0.2) is 6.10 Å². The smallest absolute Gasteiger partial charge is 0.405 e. The summed E-state index contributed by atoms with van der Waals surface area (Å²) in [6.07, 6.45) is 0.402. The average molecular weight is 346 g/mol. The lowest BCUT2D eigenvalue weighted by atomic mass is 9.89. The van der Waals surface area contributed by atoms with Gasteiger partial charge in [0.2, 0.25) is 0 Å². The summed E-state index contributed by atoms with van der Waals surface area (Å²) in [5, 5.41) is 13.0. The SMILES string of the molecule is CCOC(=O)C1=[N+]([O-])OC(C(=O)OCC)C1c1c[nH]c2ccccc12. The Hall–Kier alpha value is -3.03. The Kier molecular flexibility index (Phi) is 4.60. The van der Waals surface area contributed by atoms with E-state index in [-0.39, 0.29) is 23.8 Å². The lowest BCUT2D eigenvalue weighted by Crippen LogP contribution is -2.34. The highest BCUT2D eigenvalue weighted by Crippen LogP contribution is 2.34. The highest BCUT2D eigenvalue weighted by molar-refractivity contribution is 6.37. The topological polar surface area (TPSA) is 104 Å². The van der Waals surface area contributed by atoms with E-state index in [9.17, 15) is 14.8 Å². The number of hydrogen-bond donors (Lipinski definition) is 1. The van der Waals surface area contributed by atoms with Crippen molar-refractivity contribution in [2.45, 2.75) is 25.9 Å². The number of para-hydroxylation sites is 1. The molecule has 1 aromatic heterocycles. The van der Waals surface area contributed by atoms with Gasteiger partial charge in [-0.15, -0.1) is 0 Å². The third kappa shape index (κ3) is 2.90. The van der Waals surface area contributed by atoms with Crippen LogP contribution in [0.3, 0.4) is 0 Å². The van der Waals surface area contributed by atoms with E-state index >= 15 is 0 Å². The monoisotopic (exact) mass is 346 g/mol. The van der Waals surface area contributed by atoms with Crippen molar-refractivity contribution in [3.8, 4) is 0 Å². The van der Waals surface area contributed by atoms with Crippen LogP contribution in [0.4, 0.5) is 0 Å². The molecule has 3 rings (SSSR count). The van der Waals surface area contributed by atoms with E-state index in [0.29, 0.717) is 5.56 Å². The maximum atomic E-state index is 12.3. The van der Waals surface area contributed by atoms with Crippen molar-refractivity contribution in [3.63, 3.8) is 0 Å². The number of hydrogen-bond acceptors (Lipinski definition) is 6. The molecule has 8 heteroatoms. The number of carbonyl (C=O) groups is 2. The lowest BCUT2D eigenvalue weighted by molar-refractivity contribution is -0.736. The second kappa shape index (κ2) is 6.84. The normalized spacial score (nSPS) is 19.8. The molecular formula is C17H18N2O6. The highest BCUT2D eigenvalue weighted by atomic mass is 16.9. The number of nitrogens with one attached hydrogen (secondary N) is 1. The van der Waals surface area contributed by atoms with Crippen molar-refractivity contribution in [3.05, 3.63) is 41.2 Å². The molecule has 1 aliphatic rings. The number of rotatable bonds is 5. The van der Waals surface area contributed by atoms with Gasteiger partial charge in [-0.25, -0.2) is 4.79 Å². The fourth-order valence-corrected chi connectivity index (χ4v) is 2.95. The number of H-pyrrole nitrogens is 1. The first-order valence-corrected chi connectivity index (χ1v) is 7.99. The molecule has 0 saturated carbocycles. The van der Waals surface area contributed by atoms with E-state index in [4.69, 9.17) is 14.3 Å². The zero-order valence-electron chi connectivity index (χ0n) is 13.9. The Morgan fingerprint density at radius 3 is 2.68 bits per heavy atom. The Morgan fingerprint density at radius 2 is 1.96 bits per heavy atom. The molecule has 0 spiro atoms. The quantitative estimate of drug-likeness (QED) is 0.652. The predicted molar refractivity (Wildman–Crippen MR) is 87.8 cm³/mol. The summed E-state index contributed by atoms with van der Waals surface area (Å²) in [5.74, 6) is -2.45. The van der Waals surface area contributed by atoms with Gasteiger partial charge in [0.05, 0.1) is 18.1 Å². The van der Waals surface area contributed by atoms with Gasteiger partial charge in [-0.2, -0.15) is 0 Å². The molecule has 1 aliphatic heterocycles. The standard InChI is InChI=1S/C17H18N2O6/c1-3-23-16(20)14-13(15(25-19(14)22)17(21)24-4-2)11-9-18-12-8-6-5-7-10(11)12/h5-9,13,15,18H,3-4H2,1-2H3. The van der Waals surface area contributed by atoms with Crippen molar-refractivity contribution in [2.75, 3.05) is 13.2 Å². The van der Waals surface area contributed by atoms with Crippen LogP contribution in [0.15, 0.2) is 30.5 Å². The molecular weight excluding hydrogens is 328 g/mol. The fourth-order valence-electron chi connectivity index (χ4n) is 2.95. The molecule has 2 heterocycles. The van der Waals surface area contributed by atoms with Gasteiger partial charge >= 0.3 is 17.7 Å². The van der Waals surface area contributed by atoms with Crippen LogP contribution in [-0.2, 0) is 23.9 Å². The number of esters is 2. The molecule has 132 valence electrons. The number of carbonyl (C=O) groups excluding carboxylic acids is 2. The van der Waals surface area contributed by atoms with Crippen molar-refractivity contribution in [1.82, 2.24) is 4.98 Å². The summed E-state index contributed by atoms with van der Waals surface area (Å²) in [6.45, 7) is 3.51. The molecule has 2 atom stereocenters. The van der Waals surface area contributed by atoms with Crippen LogP contribution < -0.4 is 0 Å². The molecule has 0 fully saturated rings. The third-order valence-electron chi connectivity index (χ3n) is 3.96. The number of aromatic amines is 1. The van der Waals surface area contributed by atoms with Crippen molar-refractivity contribution in [2.24, 2.45) is 0 Å². The Balaban J connectivity index is 2.10. The molecule has 2 unspecified atom stereocenters. The van der Waals surface area contributed by atoms with Crippen LogP contribution in [-0.4, -0.2) is 46.9 Å². The largest absolute Gasteiger partial charge is 0.465 e. The summed E-state index contributed by atoms with van der Waals surface area (Å²) in [7, 11) is 0. The Labute approximate surface area is 143 Å². The van der Waals surface area contributed by atoms with Crippen LogP contribution in [0.25, 0.3) is 10.9 Å². The van der Waals surface area contributed by atoms with E-state index in [2.05, 4.69) is 4.98 Å². The number of nitrogens with zero attached hydrogens (tertiary/aromatic N) is 1. The summed E-state index contributed by atoms with van der Waals surface area (Å²) in [6, 6.07) is 7.37. The summed E-state index contributed by atoms with van der Waals surface area (Å²) >= 11 is 0. The summed E-state index contributed by atoms with van der Waals surface area (Å²) < 4.78 is 9.96. The average Bonchev–Trinajstić information content (AvgIpc) is 3.16. The zero-order valence-corrected chi connectivity index (χ0v) is 13.9. The number of fused-ring (bicyclic) bond motifs is 1. The zero-order chi connectivity index (χ0) is 18.0. The van der Waals surface area contributed by atoms with E-state index in [1.165, 1.54) is 0 Å². The second-order valence-electron chi connectivity index (χ2n) is 5.41. The first kappa shape index (κ1) is 16.8. The molecule has 2 aromatic rings. The van der Waals surface area contributed by atoms with Gasteiger partial charge in [0.25, 0.3) is 0 Å². The van der Waals surface area contributed by atoms with Crippen molar-refractivity contribution in [1.29, 1.82) is 0 Å². The van der Waals surface area contributed by atoms with Crippen LogP contribution >= 0.6 is 0 Å². The molecule has 25 heavy (non-hydrogen) atoms. The van der Waals surface area contributed by atoms with E-state index in [0.717, 1.165) is 10.9 Å². The number of benzene rings is 1. The number of aromatic nitrogens is 1. The van der Waals surface area contributed by atoms with Crippen LogP contribution in [0.2, 0.25) is 0 Å². The summed E-state index contributed by atoms with van der Waals surface area (Å²) in [5.41, 5.74) is 1.13. The molecule has 0 aliphatic carbocycles. The molecule has 8 nitrogen and oxygen atoms in total.